The van der Waals surface area contributed by atoms with Crippen LogP contribution in [0.25, 0.3) is 0 Å². The third kappa shape index (κ3) is 5.07. The minimum atomic E-state index is -5.63. The molecule has 0 aliphatic rings. The second-order valence-electron chi connectivity index (χ2n) is 5.21. The molecule has 0 saturated heterocycles. The van der Waals surface area contributed by atoms with E-state index in [-0.39, 0.29) is 5.75 Å². The lowest BCUT2D eigenvalue weighted by atomic mass is 10.1. The topological polar surface area (TPSA) is 24.8 Å². The van der Waals surface area contributed by atoms with E-state index in [1.54, 1.807) is 26.3 Å². The van der Waals surface area contributed by atoms with Crippen LogP contribution in [0.1, 0.15) is 18.1 Å². The van der Waals surface area contributed by atoms with E-state index in [0.717, 1.165) is 6.54 Å². The lowest BCUT2D eigenvalue weighted by Gasteiger charge is -2.20. The van der Waals surface area contributed by atoms with Crippen LogP contribution in [0, 0.1) is 13.8 Å². The lowest BCUT2D eigenvalue weighted by Crippen LogP contribution is -2.41. The molecule has 0 aliphatic heterocycles. The van der Waals surface area contributed by atoms with Crippen LogP contribution in [0.3, 0.4) is 0 Å². The molecule has 0 unspecified atom stereocenters. The van der Waals surface area contributed by atoms with Crippen LogP contribution in [-0.2, 0) is 0 Å². The quantitative estimate of drug-likeness (QED) is 0.434. The Hall–Kier alpha value is -1.86. The lowest BCUT2D eigenvalue weighted by molar-refractivity contribution is -0.290. The maximum absolute atomic E-state index is 12.9. The van der Waals surface area contributed by atoms with Gasteiger partial charge in [0.05, 0.1) is 12.0 Å². The van der Waals surface area contributed by atoms with Gasteiger partial charge in [0, 0.05) is 13.6 Å². The molecule has 3 nitrogen and oxygen atoms in total. The number of alkyl halides is 5. The summed E-state index contributed by atoms with van der Waals surface area (Å²) in [7, 11) is 1.84. The van der Waals surface area contributed by atoms with E-state index in [0.29, 0.717) is 16.8 Å². The van der Waals surface area contributed by atoms with Gasteiger partial charge in [0.15, 0.2) is 6.61 Å². The molecule has 0 amide bonds. The molecular formula is C15H19F5N2O. The first kappa shape index (κ1) is 19.2. The summed E-state index contributed by atoms with van der Waals surface area (Å²) in [5, 5.41) is 0. The van der Waals surface area contributed by atoms with E-state index in [4.69, 9.17) is 0 Å². The summed E-state index contributed by atoms with van der Waals surface area (Å²) in [5.41, 5.74) is 1.64. The van der Waals surface area contributed by atoms with E-state index < -0.39 is 18.7 Å². The zero-order valence-corrected chi connectivity index (χ0v) is 13.3. The molecule has 0 radical (unpaired) electrons. The van der Waals surface area contributed by atoms with Crippen molar-refractivity contribution in [1.82, 2.24) is 4.90 Å². The maximum Gasteiger partial charge on any atom is 0.456 e. The van der Waals surface area contributed by atoms with Gasteiger partial charge in [-0.25, -0.2) is 4.99 Å². The highest BCUT2D eigenvalue weighted by atomic mass is 19.4. The standard InChI is InChI=1S/C15H19F5N2O/c1-5-22(4)9-21-12-6-11(3)13(7-10(12)2)23-8-14(16,17)15(18,19)20/h6-7,9H,5,8H2,1-4H3. The van der Waals surface area contributed by atoms with Gasteiger partial charge in [0.1, 0.15) is 5.75 Å². The van der Waals surface area contributed by atoms with Crippen molar-refractivity contribution in [3.8, 4) is 5.75 Å². The second-order valence-corrected chi connectivity index (χ2v) is 5.21. The molecule has 0 atom stereocenters. The van der Waals surface area contributed by atoms with Gasteiger partial charge in [-0.1, -0.05) is 0 Å². The Labute approximate surface area is 131 Å². The van der Waals surface area contributed by atoms with Crippen LogP contribution in [0.2, 0.25) is 0 Å². The van der Waals surface area contributed by atoms with Gasteiger partial charge in [0.25, 0.3) is 0 Å². The minimum Gasteiger partial charge on any atom is -0.487 e. The summed E-state index contributed by atoms with van der Waals surface area (Å²) in [6.45, 7) is 4.19. The number of halogens is 5. The van der Waals surface area contributed by atoms with Crippen molar-refractivity contribution in [3.63, 3.8) is 0 Å². The van der Waals surface area contributed by atoms with E-state index in [1.807, 2.05) is 18.9 Å². The Bertz CT molecular complexity index is 570. The van der Waals surface area contributed by atoms with E-state index >= 15 is 0 Å². The molecule has 0 fully saturated rings. The highest BCUT2D eigenvalue weighted by Crippen LogP contribution is 2.36. The molecule has 1 aromatic rings. The summed E-state index contributed by atoms with van der Waals surface area (Å²) < 4.78 is 66.9. The number of aliphatic imine (C=N–C) groups is 1. The monoisotopic (exact) mass is 338 g/mol. The van der Waals surface area contributed by atoms with E-state index in [9.17, 15) is 22.0 Å². The van der Waals surface area contributed by atoms with Gasteiger partial charge in [-0.15, -0.1) is 0 Å². The van der Waals surface area contributed by atoms with E-state index in [2.05, 4.69) is 9.73 Å². The fourth-order valence-corrected chi connectivity index (χ4v) is 1.56. The predicted molar refractivity (Wildman–Crippen MR) is 78.9 cm³/mol. The van der Waals surface area contributed by atoms with Gasteiger partial charge in [0.2, 0.25) is 0 Å². The maximum atomic E-state index is 12.9. The normalized spacial score (nSPS) is 12.7. The number of nitrogens with zero attached hydrogens (tertiary/aromatic N) is 2. The van der Waals surface area contributed by atoms with Crippen LogP contribution in [0.5, 0.6) is 5.75 Å². The third-order valence-electron chi connectivity index (χ3n) is 3.21. The number of hydrogen-bond acceptors (Lipinski definition) is 2. The van der Waals surface area contributed by atoms with Crippen LogP contribution >= 0.6 is 0 Å². The van der Waals surface area contributed by atoms with Crippen LogP contribution < -0.4 is 4.74 Å². The SMILES string of the molecule is CCN(C)C=Nc1cc(C)c(OCC(F)(F)C(F)(F)F)cc1C. The number of hydrogen-bond donors (Lipinski definition) is 0. The second kappa shape index (κ2) is 7.14. The summed E-state index contributed by atoms with van der Waals surface area (Å²) >= 11 is 0. The zero-order chi connectivity index (χ0) is 17.8. The van der Waals surface area contributed by atoms with Crippen molar-refractivity contribution in [2.75, 3.05) is 20.2 Å². The van der Waals surface area contributed by atoms with Crippen molar-refractivity contribution in [2.45, 2.75) is 32.9 Å². The molecule has 0 heterocycles. The van der Waals surface area contributed by atoms with Crippen molar-refractivity contribution in [2.24, 2.45) is 4.99 Å². The zero-order valence-electron chi connectivity index (χ0n) is 13.3. The molecule has 1 aromatic carbocycles. The molecule has 0 saturated carbocycles. The molecule has 8 heteroatoms. The van der Waals surface area contributed by atoms with Crippen molar-refractivity contribution in [3.05, 3.63) is 23.3 Å². The van der Waals surface area contributed by atoms with Gasteiger partial charge < -0.3 is 9.64 Å². The number of aryl methyl sites for hydroxylation is 2. The van der Waals surface area contributed by atoms with Crippen molar-refractivity contribution >= 4 is 12.0 Å². The average molecular weight is 338 g/mol. The minimum absolute atomic E-state index is 0.0192. The number of rotatable bonds is 6. The summed E-state index contributed by atoms with van der Waals surface area (Å²) in [6.07, 6.45) is -4.02. The fraction of sp³-hybridized carbons (Fsp3) is 0.533. The molecule has 23 heavy (non-hydrogen) atoms. The number of benzene rings is 1. The smallest absolute Gasteiger partial charge is 0.456 e. The molecule has 0 spiro atoms. The van der Waals surface area contributed by atoms with Gasteiger partial charge in [-0.05, 0) is 44.0 Å². The first-order chi connectivity index (χ1) is 10.5. The van der Waals surface area contributed by atoms with Gasteiger partial charge in [-0.3, -0.25) is 0 Å². The van der Waals surface area contributed by atoms with Crippen LogP contribution in [0.15, 0.2) is 17.1 Å². The van der Waals surface area contributed by atoms with Crippen molar-refractivity contribution < 1.29 is 26.7 Å². The fourth-order valence-electron chi connectivity index (χ4n) is 1.56. The Morgan fingerprint density at radius 3 is 2.26 bits per heavy atom. The molecule has 0 N–H and O–H groups in total. The molecule has 0 aromatic heterocycles. The summed E-state index contributed by atoms with van der Waals surface area (Å²) in [6, 6.07) is 2.98. The van der Waals surface area contributed by atoms with Crippen molar-refractivity contribution in [1.29, 1.82) is 0 Å². The highest BCUT2D eigenvalue weighted by Gasteiger charge is 2.58. The Balaban J connectivity index is 2.91. The predicted octanol–water partition coefficient (Wildman–Crippen LogP) is 4.49. The summed E-state index contributed by atoms with van der Waals surface area (Å²) in [5.74, 6) is -4.91. The Kier molecular flexibility index (Phi) is 5.96. The molecule has 1 rings (SSSR count). The molecular weight excluding hydrogens is 319 g/mol. The van der Waals surface area contributed by atoms with E-state index in [1.165, 1.54) is 6.07 Å². The Morgan fingerprint density at radius 1 is 1.13 bits per heavy atom. The van der Waals surface area contributed by atoms with Gasteiger partial charge >= 0.3 is 12.1 Å². The van der Waals surface area contributed by atoms with Crippen LogP contribution in [-0.4, -0.2) is 43.5 Å². The molecule has 0 bridgehead atoms. The average Bonchev–Trinajstić information content (AvgIpc) is 2.44. The highest BCUT2D eigenvalue weighted by molar-refractivity contribution is 5.64. The van der Waals surface area contributed by atoms with Gasteiger partial charge in [-0.2, -0.15) is 22.0 Å². The third-order valence-corrected chi connectivity index (χ3v) is 3.21. The molecule has 0 aliphatic carbocycles. The first-order valence-corrected chi connectivity index (χ1v) is 6.91. The summed E-state index contributed by atoms with van der Waals surface area (Å²) in [4.78, 5) is 6.08. The Morgan fingerprint density at radius 2 is 1.74 bits per heavy atom. The number of ether oxygens (including phenoxy) is 1. The molecule has 130 valence electrons. The first-order valence-electron chi connectivity index (χ1n) is 6.91. The van der Waals surface area contributed by atoms with Crippen LogP contribution in [0.4, 0.5) is 27.6 Å². The largest absolute Gasteiger partial charge is 0.487 e.